The maximum Gasteiger partial charge on any atom is 0.498 e. The van der Waals surface area contributed by atoms with E-state index in [9.17, 15) is 4.39 Å². The summed E-state index contributed by atoms with van der Waals surface area (Å²) in [6, 6.07) is 2.10. The number of nitrogens with zero attached hydrogens (tertiary/aromatic N) is 2. The van der Waals surface area contributed by atoms with Crippen molar-refractivity contribution in [1.82, 2.24) is 4.98 Å². The first-order valence-corrected chi connectivity index (χ1v) is 6.58. The van der Waals surface area contributed by atoms with Gasteiger partial charge in [0.1, 0.15) is 5.82 Å². The highest BCUT2D eigenvalue weighted by atomic mass is 19.1. The van der Waals surface area contributed by atoms with Crippen LogP contribution in [0.1, 0.15) is 46.1 Å². The fourth-order valence-electron chi connectivity index (χ4n) is 2.08. The zero-order valence-electron chi connectivity index (χ0n) is 12.4. The number of pyridine rings is 1. The zero-order valence-corrected chi connectivity index (χ0v) is 12.4. The van der Waals surface area contributed by atoms with Gasteiger partial charge in [-0.1, -0.05) is 0 Å². The Morgan fingerprint density at radius 1 is 1.25 bits per heavy atom. The Morgan fingerprint density at radius 2 is 1.80 bits per heavy atom. The third kappa shape index (κ3) is 2.32. The second kappa shape index (κ2) is 4.83. The Morgan fingerprint density at radius 3 is 2.30 bits per heavy atom. The molecule has 1 fully saturated rings. The molecule has 0 saturated carbocycles. The fraction of sp³-hybridized carbons (Fsp3) is 0.571. The van der Waals surface area contributed by atoms with Gasteiger partial charge in [-0.2, -0.15) is 5.26 Å². The SMILES string of the molecule is CC(C#N)c1cncc(F)c1B1OC(C)(C)C(C)(C)O1. The molecule has 4 nitrogen and oxygen atoms in total. The van der Waals surface area contributed by atoms with Gasteiger partial charge in [0.25, 0.3) is 0 Å². The molecule has 106 valence electrons. The van der Waals surface area contributed by atoms with Crippen molar-refractivity contribution in [2.24, 2.45) is 0 Å². The van der Waals surface area contributed by atoms with E-state index in [1.165, 1.54) is 6.20 Å². The maximum absolute atomic E-state index is 14.2. The van der Waals surface area contributed by atoms with E-state index in [0.29, 0.717) is 5.56 Å². The molecule has 1 aliphatic heterocycles. The molecule has 1 aliphatic rings. The van der Waals surface area contributed by atoms with Gasteiger partial charge in [0.2, 0.25) is 0 Å². The van der Waals surface area contributed by atoms with E-state index in [4.69, 9.17) is 14.6 Å². The Balaban J connectivity index is 2.48. The van der Waals surface area contributed by atoms with Gasteiger partial charge >= 0.3 is 7.12 Å². The molecular weight excluding hydrogens is 258 g/mol. The minimum Gasteiger partial charge on any atom is -0.399 e. The van der Waals surface area contributed by atoms with Crippen molar-refractivity contribution in [2.75, 3.05) is 0 Å². The molecular formula is C14H18BFN2O2. The lowest BCUT2D eigenvalue weighted by atomic mass is 9.74. The van der Waals surface area contributed by atoms with Gasteiger partial charge in [0, 0.05) is 11.7 Å². The summed E-state index contributed by atoms with van der Waals surface area (Å²) in [5, 5.41) is 9.07. The molecule has 1 atom stereocenters. The number of aromatic nitrogens is 1. The Kier molecular flexibility index (Phi) is 3.61. The van der Waals surface area contributed by atoms with Crippen LogP contribution >= 0.6 is 0 Å². The van der Waals surface area contributed by atoms with E-state index in [1.54, 1.807) is 6.92 Å². The smallest absolute Gasteiger partial charge is 0.399 e. The van der Waals surface area contributed by atoms with E-state index in [0.717, 1.165) is 6.20 Å². The largest absolute Gasteiger partial charge is 0.498 e. The third-order valence-corrected chi connectivity index (χ3v) is 4.12. The van der Waals surface area contributed by atoms with E-state index < -0.39 is 30.1 Å². The fourth-order valence-corrected chi connectivity index (χ4v) is 2.08. The molecule has 6 heteroatoms. The second-order valence-corrected chi connectivity index (χ2v) is 6.06. The predicted molar refractivity (Wildman–Crippen MR) is 73.9 cm³/mol. The lowest BCUT2D eigenvalue weighted by molar-refractivity contribution is 0.00578. The van der Waals surface area contributed by atoms with Gasteiger partial charge in [-0.3, -0.25) is 4.98 Å². The van der Waals surface area contributed by atoms with E-state index >= 15 is 0 Å². The van der Waals surface area contributed by atoms with Crippen molar-refractivity contribution in [3.63, 3.8) is 0 Å². The summed E-state index contributed by atoms with van der Waals surface area (Å²) in [5.41, 5.74) is -0.333. The molecule has 2 heterocycles. The summed E-state index contributed by atoms with van der Waals surface area (Å²) in [4.78, 5) is 3.82. The van der Waals surface area contributed by atoms with Crippen molar-refractivity contribution in [2.45, 2.75) is 51.7 Å². The maximum atomic E-state index is 14.2. The van der Waals surface area contributed by atoms with Crippen molar-refractivity contribution >= 4 is 12.6 Å². The molecule has 1 unspecified atom stereocenters. The predicted octanol–water partition coefficient (Wildman–Crippen LogP) is 2.15. The van der Waals surface area contributed by atoms with Crippen LogP contribution in [0.2, 0.25) is 0 Å². The quantitative estimate of drug-likeness (QED) is 0.776. The summed E-state index contributed by atoms with van der Waals surface area (Å²) < 4.78 is 25.9. The van der Waals surface area contributed by atoms with Crippen LogP contribution in [0.15, 0.2) is 12.4 Å². The van der Waals surface area contributed by atoms with Crippen LogP contribution in [-0.2, 0) is 9.31 Å². The van der Waals surface area contributed by atoms with Gasteiger partial charge in [0.05, 0.1) is 29.4 Å². The summed E-state index contributed by atoms with van der Waals surface area (Å²) in [6.45, 7) is 9.31. The molecule has 0 amide bonds. The van der Waals surface area contributed by atoms with Crippen molar-refractivity contribution in [3.05, 3.63) is 23.8 Å². The lowest BCUT2D eigenvalue weighted by Gasteiger charge is -2.32. The molecule has 0 spiro atoms. The first-order valence-electron chi connectivity index (χ1n) is 6.58. The molecule has 0 aromatic carbocycles. The molecule has 0 N–H and O–H groups in total. The topological polar surface area (TPSA) is 55.1 Å². The number of rotatable bonds is 2. The van der Waals surface area contributed by atoms with Crippen LogP contribution in [0.4, 0.5) is 4.39 Å². The summed E-state index contributed by atoms with van der Waals surface area (Å²) in [5.74, 6) is -0.990. The summed E-state index contributed by atoms with van der Waals surface area (Å²) in [7, 11) is -0.825. The lowest BCUT2D eigenvalue weighted by Crippen LogP contribution is -2.41. The highest BCUT2D eigenvalue weighted by Gasteiger charge is 2.53. The molecule has 20 heavy (non-hydrogen) atoms. The van der Waals surface area contributed by atoms with Crippen LogP contribution in [-0.4, -0.2) is 23.3 Å². The normalized spacial score (nSPS) is 21.6. The van der Waals surface area contributed by atoms with Crippen LogP contribution in [0.5, 0.6) is 0 Å². The van der Waals surface area contributed by atoms with Crippen LogP contribution in [0, 0.1) is 17.1 Å². The molecule has 1 aromatic rings. The van der Waals surface area contributed by atoms with E-state index in [1.807, 2.05) is 27.7 Å². The Hall–Kier alpha value is -1.45. The molecule has 1 aromatic heterocycles. The third-order valence-electron chi connectivity index (χ3n) is 4.12. The molecule has 1 saturated heterocycles. The Bertz CT molecular complexity index is 553. The summed E-state index contributed by atoms with van der Waals surface area (Å²) in [6.07, 6.45) is 2.62. The minimum atomic E-state index is -0.825. The van der Waals surface area contributed by atoms with Crippen LogP contribution in [0.3, 0.4) is 0 Å². The average Bonchev–Trinajstić information content (AvgIpc) is 2.56. The summed E-state index contributed by atoms with van der Waals surface area (Å²) >= 11 is 0. The zero-order chi connectivity index (χ0) is 15.1. The highest BCUT2D eigenvalue weighted by Crippen LogP contribution is 2.37. The monoisotopic (exact) mass is 276 g/mol. The van der Waals surface area contributed by atoms with Gasteiger partial charge in [-0.25, -0.2) is 4.39 Å². The number of hydrogen-bond acceptors (Lipinski definition) is 4. The minimum absolute atomic E-state index is 0.271. The second-order valence-electron chi connectivity index (χ2n) is 6.06. The van der Waals surface area contributed by atoms with Crippen molar-refractivity contribution in [1.29, 1.82) is 5.26 Å². The van der Waals surface area contributed by atoms with Gasteiger partial charge in [0.15, 0.2) is 0 Å². The van der Waals surface area contributed by atoms with Crippen molar-refractivity contribution < 1.29 is 13.7 Å². The first-order chi connectivity index (χ1) is 9.19. The van der Waals surface area contributed by atoms with E-state index in [-0.39, 0.29) is 5.46 Å². The van der Waals surface area contributed by atoms with Gasteiger partial charge < -0.3 is 9.31 Å². The van der Waals surface area contributed by atoms with Crippen molar-refractivity contribution in [3.8, 4) is 6.07 Å². The van der Waals surface area contributed by atoms with Crippen LogP contribution in [0.25, 0.3) is 0 Å². The molecule has 0 bridgehead atoms. The standard InChI is InChI=1S/C14H18BFN2O2/c1-9(6-17)10-7-18-8-11(16)12(10)15-19-13(2,3)14(4,5)20-15/h7-9H,1-5H3. The number of nitriles is 1. The number of halogens is 1. The first kappa shape index (κ1) is 15.0. The molecule has 0 aliphatic carbocycles. The van der Waals surface area contributed by atoms with Crippen LogP contribution < -0.4 is 5.46 Å². The highest BCUT2D eigenvalue weighted by molar-refractivity contribution is 6.62. The Labute approximate surface area is 119 Å². The molecule has 2 rings (SSSR count). The average molecular weight is 276 g/mol. The molecule has 0 radical (unpaired) electrons. The van der Waals surface area contributed by atoms with E-state index in [2.05, 4.69) is 11.1 Å². The number of hydrogen-bond donors (Lipinski definition) is 0. The van der Waals surface area contributed by atoms with Gasteiger partial charge in [-0.15, -0.1) is 0 Å². The van der Waals surface area contributed by atoms with Gasteiger partial charge in [-0.05, 0) is 40.2 Å².